The van der Waals surface area contributed by atoms with Gasteiger partial charge in [0.2, 0.25) is 0 Å². The van der Waals surface area contributed by atoms with Crippen molar-refractivity contribution in [3.05, 3.63) is 33.4 Å². The molecule has 0 amide bonds. The Morgan fingerprint density at radius 1 is 1.29 bits per heavy atom. The number of halogens is 1. The van der Waals surface area contributed by atoms with Crippen LogP contribution in [0.3, 0.4) is 0 Å². The van der Waals surface area contributed by atoms with Crippen LogP contribution in [0.4, 0.5) is 0 Å². The van der Waals surface area contributed by atoms with E-state index in [1.807, 2.05) is 0 Å². The van der Waals surface area contributed by atoms with E-state index >= 15 is 0 Å². The van der Waals surface area contributed by atoms with Crippen molar-refractivity contribution < 1.29 is 4.79 Å². The molecular formula is C11H12INO. The summed E-state index contributed by atoms with van der Waals surface area (Å²) in [6, 6.07) is 8.47. The topological polar surface area (TPSA) is 20.3 Å². The lowest BCUT2D eigenvalue weighted by Gasteiger charge is -2.13. The molecule has 1 aromatic carbocycles. The predicted molar refractivity (Wildman–Crippen MR) is 64.1 cm³/mol. The van der Waals surface area contributed by atoms with Crippen LogP contribution in [0.2, 0.25) is 0 Å². The fourth-order valence-corrected chi connectivity index (χ4v) is 2.03. The molecule has 1 saturated heterocycles. The minimum absolute atomic E-state index is 0.371. The zero-order chi connectivity index (χ0) is 9.97. The van der Waals surface area contributed by atoms with Gasteiger partial charge in [0, 0.05) is 23.1 Å². The molecule has 3 heteroatoms. The number of carbonyl (C=O) groups excluding carboxylic acids is 1. The van der Waals surface area contributed by atoms with Gasteiger partial charge in [-0.25, -0.2) is 0 Å². The second-order valence-corrected chi connectivity index (χ2v) is 4.87. The zero-order valence-electron chi connectivity index (χ0n) is 7.87. The van der Waals surface area contributed by atoms with Crippen LogP contribution in [0, 0.1) is 3.57 Å². The first-order valence-corrected chi connectivity index (χ1v) is 5.80. The van der Waals surface area contributed by atoms with Gasteiger partial charge in [0.25, 0.3) is 0 Å². The lowest BCUT2D eigenvalue weighted by molar-refractivity contribution is -0.116. The molecule has 1 fully saturated rings. The molecule has 0 bridgehead atoms. The molecule has 0 aliphatic carbocycles. The van der Waals surface area contributed by atoms with Crippen LogP contribution in [0.15, 0.2) is 24.3 Å². The van der Waals surface area contributed by atoms with E-state index in [1.54, 1.807) is 0 Å². The molecule has 74 valence electrons. The lowest BCUT2D eigenvalue weighted by Crippen LogP contribution is -2.19. The highest BCUT2D eigenvalue weighted by Gasteiger charge is 2.18. The predicted octanol–water partition coefficient (Wildman–Crippen LogP) is 2.07. The molecule has 0 radical (unpaired) electrons. The molecule has 2 rings (SSSR count). The summed E-state index contributed by atoms with van der Waals surface area (Å²) in [7, 11) is 0. The second kappa shape index (κ2) is 4.40. The Hall–Kier alpha value is -0.420. The Kier molecular flexibility index (Phi) is 3.18. The number of ketones is 1. The van der Waals surface area contributed by atoms with Gasteiger partial charge >= 0.3 is 0 Å². The average Bonchev–Trinajstić information content (AvgIpc) is 2.56. The number of Topliss-reactive ketones (excluding diaryl/α,β-unsaturated/α-hetero) is 1. The minimum atomic E-state index is 0.371. The third-order valence-electron chi connectivity index (χ3n) is 2.43. The van der Waals surface area contributed by atoms with Crippen LogP contribution in [0.25, 0.3) is 0 Å². The van der Waals surface area contributed by atoms with Crippen molar-refractivity contribution in [3.63, 3.8) is 0 Å². The maximum absolute atomic E-state index is 11.1. The summed E-state index contributed by atoms with van der Waals surface area (Å²) < 4.78 is 1.25. The first-order valence-electron chi connectivity index (χ1n) is 4.72. The van der Waals surface area contributed by atoms with E-state index in [1.165, 1.54) is 9.13 Å². The molecule has 1 aliphatic heterocycles. The SMILES string of the molecule is O=C1CCN(Cc2ccc(I)cc2)C1. The van der Waals surface area contributed by atoms with E-state index in [2.05, 4.69) is 51.8 Å². The highest BCUT2D eigenvalue weighted by molar-refractivity contribution is 14.1. The van der Waals surface area contributed by atoms with Crippen LogP contribution >= 0.6 is 22.6 Å². The number of benzene rings is 1. The van der Waals surface area contributed by atoms with E-state index in [9.17, 15) is 4.79 Å². The van der Waals surface area contributed by atoms with Crippen molar-refractivity contribution in [1.29, 1.82) is 0 Å². The van der Waals surface area contributed by atoms with Crippen molar-refractivity contribution in [3.8, 4) is 0 Å². The minimum Gasteiger partial charge on any atom is -0.298 e. The Morgan fingerprint density at radius 3 is 2.57 bits per heavy atom. The molecule has 0 N–H and O–H groups in total. The number of rotatable bonds is 2. The number of likely N-dealkylation sites (tertiary alicyclic amines) is 1. The molecule has 0 atom stereocenters. The van der Waals surface area contributed by atoms with Gasteiger partial charge in [0.1, 0.15) is 5.78 Å². The highest BCUT2D eigenvalue weighted by Crippen LogP contribution is 2.12. The standard InChI is InChI=1S/C11H12INO/c12-10-3-1-9(2-4-10)7-13-6-5-11(14)8-13/h1-4H,5-8H2. The van der Waals surface area contributed by atoms with Gasteiger partial charge in [-0.2, -0.15) is 0 Å². The van der Waals surface area contributed by atoms with Crippen LogP contribution in [0.5, 0.6) is 0 Å². The van der Waals surface area contributed by atoms with E-state index in [0.717, 1.165) is 19.5 Å². The third-order valence-corrected chi connectivity index (χ3v) is 3.15. The molecule has 14 heavy (non-hydrogen) atoms. The molecule has 0 aromatic heterocycles. The quantitative estimate of drug-likeness (QED) is 0.779. The molecule has 0 spiro atoms. The lowest BCUT2D eigenvalue weighted by atomic mass is 10.2. The van der Waals surface area contributed by atoms with Crippen molar-refractivity contribution in [2.24, 2.45) is 0 Å². The van der Waals surface area contributed by atoms with Crippen LogP contribution in [-0.2, 0) is 11.3 Å². The summed E-state index contributed by atoms with van der Waals surface area (Å²) in [5.41, 5.74) is 1.29. The van der Waals surface area contributed by atoms with Gasteiger partial charge in [0.15, 0.2) is 0 Å². The summed E-state index contributed by atoms with van der Waals surface area (Å²) in [5.74, 6) is 0.371. The molecule has 0 unspecified atom stereocenters. The molecule has 0 saturated carbocycles. The summed E-state index contributed by atoms with van der Waals surface area (Å²) in [5, 5.41) is 0. The van der Waals surface area contributed by atoms with Gasteiger partial charge in [-0.1, -0.05) is 12.1 Å². The van der Waals surface area contributed by atoms with Crippen LogP contribution in [-0.4, -0.2) is 23.8 Å². The molecular weight excluding hydrogens is 289 g/mol. The Labute approximate surface area is 97.4 Å². The normalized spacial score (nSPS) is 17.6. The number of hydrogen-bond acceptors (Lipinski definition) is 2. The van der Waals surface area contributed by atoms with E-state index < -0.39 is 0 Å². The maximum Gasteiger partial charge on any atom is 0.148 e. The number of nitrogens with zero attached hydrogens (tertiary/aromatic N) is 1. The average molecular weight is 301 g/mol. The zero-order valence-corrected chi connectivity index (χ0v) is 10.0. The van der Waals surface area contributed by atoms with Crippen molar-refractivity contribution >= 4 is 28.4 Å². The summed E-state index contributed by atoms with van der Waals surface area (Å²) in [6.45, 7) is 2.46. The Morgan fingerprint density at radius 2 is 2.00 bits per heavy atom. The highest BCUT2D eigenvalue weighted by atomic mass is 127. The molecule has 1 heterocycles. The monoisotopic (exact) mass is 301 g/mol. The summed E-state index contributed by atoms with van der Waals surface area (Å²) in [6.07, 6.45) is 0.727. The smallest absolute Gasteiger partial charge is 0.148 e. The fraction of sp³-hybridized carbons (Fsp3) is 0.364. The van der Waals surface area contributed by atoms with Gasteiger partial charge in [-0.05, 0) is 40.3 Å². The van der Waals surface area contributed by atoms with E-state index in [-0.39, 0.29) is 0 Å². The van der Waals surface area contributed by atoms with Crippen molar-refractivity contribution in [1.82, 2.24) is 4.90 Å². The summed E-state index contributed by atoms with van der Waals surface area (Å²) >= 11 is 2.30. The molecule has 1 aromatic rings. The maximum atomic E-state index is 11.1. The van der Waals surface area contributed by atoms with E-state index in [0.29, 0.717) is 12.3 Å². The van der Waals surface area contributed by atoms with Gasteiger partial charge in [-0.3, -0.25) is 9.69 Å². The Balaban J connectivity index is 1.97. The molecule has 2 nitrogen and oxygen atoms in total. The first kappa shape index (κ1) is 10.1. The van der Waals surface area contributed by atoms with Gasteiger partial charge < -0.3 is 0 Å². The summed E-state index contributed by atoms with van der Waals surface area (Å²) in [4.78, 5) is 13.3. The van der Waals surface area contributed by atoms with Crippen LogP contribution in [0.1, 0.15) is 12.0 Å². The first-order chi connectivity index (χ1) is 6.74. The third kappa shape index (κ3) is 2.54. The van der Waals surface area contributed by atoms with E-state index in [4.69, 9.17) is 0 Å². The fourth-order valence-electron chi connectivity index (χ4n) is 1.67. The number of carbonyl (C=O) groups is 1. The molecule has 1 aliphatic rings. The number of hydrogen-bond donors (Lipinski definition) is 0. The van der Waals surface area contributed by atoms with Crippen LogP contribution < -0.4 is 0 Å². The largest absolute Gasteiger partial charge is 0.298 e. The van der Waals surface area contributed by atoms with Gasteiger partial charge in [-0.15, -0.1) is 0 Å². The Bertz CT molecular complexity index is 334. The second-order valence-electron chi connectivity index (χ2n) is 3.63. The van der Waals surface area contributed by atoms with Crippen molar-refractivity contribution in [2.45, 2.75) is 13.0 Å². The van der Waals surface area contributed by atoms with Gasteiger partial charge in [0.05, 0.1) is 6.54 Å². The van der Waals surface area contributed by atoms with Crippen molar-refractivity contribution in [2.75, 3.05) is 13.1 Å².